The average molecular weight is 211 g/mol. The van der Waals surface area contributed by atoms with E-state index in [2.05, 4.69) is 4.98 Å². The molecule has 1 N–H and O–H groups in total. The minimum absolute atomic E-state index is 0.135. The number of aromatic amines is 1. The smallest absolute Gasteiger partial charge is 0.305 e. The molecule has 14 heavy (non-hydrogen) atoms. The first-order chi connectivity index (χ1) is 6.77. The fraction of sp³-hybridized carbons (Fsp3) is 0.600. The van der Waals surface area contributed by atoms with E-state index in [1.807, 2.05) is 0 Å². The van der Waals surface area contributed by atoms with Gasteiger partial charge in [-0.05, 0) is 12.8 Å². The Kier molecular flexibility index (Phi) is 2.82. The molecule has 0 radical (unpaired) electrons. The molecule has 0 aromatic carbocycles. The lowest BCUT2D eigenvalue weighted by Gasteiger charge is -2.19. The van der Waals surface area contributed by atoms with E-state index in [0.29, 0.717) is 4.88 Å². The van der Waals surface area contributed by atoms with Crippen molar-refractivity contribution in [2.45, 2.75) is 32.1 Å². The molecule has 1 saturated carbocycles. The lowest BCUT2D eigenvalue weighted by Crippen LogP contribution is -2.16. The number of hydrogen-bond donors (Lipinski definition) is 1. The molecule has 1 aliphatic carbocycles. The highest BCUT2D eigenvalue weighted by Crippen LogP contribution is 2.27. The van der Waals surface area contributed by atoms with Crippen LogP contribution in [0.5, 0.6) is 0 Å². The molecule has 1 aliphatic rings. The van der Waals surface area contributed by atoms with Crippen molar-refractivity contribution < 1.29 is 4.79 Å². The Balaban J connectivity index is 2.10. The maximum atomic E-state index is 11.9. The zero-order valence-corrected chi connectivity index (χ0v) is 8.73. The molecule has 0 unspecified atom stereocenters. The van der Waals surface area contributed by atoms with E-state index in [-0.39, 0.29) is 16.6 Å². The van der Waals surface area contributed by atoms with E-state index in [1.54, 1.807) is 6.20 Å². The molecular formula is C10H13NO2S. The van der Waals surface area contributed by atoms with Gasteiger partial charge in [0, 0.05) is 12.1 Å². The van der Waals surface area contributed by atoms with Gasteiger partial charge in [-0.1, -0.05) is 30.6 Å². The molecule has 1 aromatic rings. The lowest BCUT2D eigenvalue weighted by molar-refractivity contribution is 0.0893. The van der Waals surface area contributed by atoms with Gasteiger partial charge in [-0.15, -0.1) is 0 Å². The van der Waals surface area contributed by atoms with Crippen LogP contribution in [0, 0.1) is 5.92 Å². The first-order valence-electron chi connectivity index (χ1n) is 5.00. The number of thiazole rings is 1. The first-order valence-corrected chi connectivity index (χ1v) is 5.82. The first kappa shape index (κ1) is 9.65. The molecule has 1 fully saturated rings. The summed E-state index contributed by atoms with van der Waals surface area (Å²) in [6.07, 6.45) is 7.07. The highest BCUT2D eigenvalue weighted by molar-refractivity contribution is 7.11. The summed E-state index contributed by atoms with van der Waals surface area (Å²) in [6.45, 7) is 0. The number of ketones is 1. The Hall–Kier alpha value is -0.900. The third-order valence-corrected chi connectivity index (χ3v) is 3.58. The minimum Gasteiger partial charge on any atom is -0.319 e. The number of carbonyl (C=O) groups excluding carboxylic acids is 1. The number of aromatic nitrogens is 1. The van der Waals surface area contributed by atoms with E-state index < -0.39 is 0 Å². The quantitative estimate of drug-likeness (QED) is 0.762. The molecular weight excluding hydrogens is 198 g/mol. The van der Waals surface area contributed by atoms with Crippen molar-refractivity contribution in [3.8, 4) is 0 Å². The summed E-state index contributed by atoms with van der Waals surface area (Å²) in [5.41, 5.74) is 0. The van der Waals surface area contributed by atoms with Crippen LogP contribution < -0.4 is 4.87 Å². The van der Waals surface area contributed by atoms with Crippen LogP contribution in [-0.4, -0.2) is 10.8 Å². The Morgan fingerprint density at radius 1 is 1.36 bits per heavy atom. The van der Waals surface area contributed by atoms with Crippen molar-refractivity contribution in [3.05, 3.63) is 20.7 Å². The third-order valence-electron chi connectivity index (χ3n) is 2.74. The van der Waals surface area contributed by atoms with E-state index >= 15 is 0 Å². The van der Waals surface area contributed by atoms with Crippen LogP contribution in [0.4, 0.5) is 0 Å². The molecule has 0 bridgehead atoms. The Morgan fingerprint density at radius 2 is 2.07 bits per heavy atom. The number of Topliss-reactive ketones (excluding diaryl/α,β-unsaturated/α-hetero) is 1. The van der Waals surface area contributed by atoms with Gasteiger partial charge in [0.1, 0.15) is 0 Å². The lowest BCUT2D eigenvalue weighted by atomic mass is 9.86. The molecule has 0 saturated heterocycles. The molecule has 2 rings (SSSR count). The van der Waals surface area contributed by atoms with Crippen LogP contribution >= 0.6 is 11.3 Å². The fourth-order valence-electron chi connectivity index (χ4n) is 1.97. The summed E-state index contributed by atoms with van der Waals surface area (Å²) in [7, 11) is 0. The van der Waals surface area contributed by atoms with Crippen molar-refractivity contribution in [3.63, 3.8) is 0 Å². The van der Waals surface area contributed by atoms with Crippen molar-refractivity contribution in [2.24, 2.45) is 5.92 Å². The monoisotopic (exact) mass is 211 g/mol. The second kappa shape index (κ2) is 4.09. The summed E-state index contributed by atoms with van der Waals surface area (Å²) in [5, 5.41) is 0. The van der Waals surface area contributed by atoms with E-state index in [1.165, 1.54) is 6.42 Å². The largest absolute Gasteiger partial charge is 0.319 e. The van der Waals surface area contributed by atoms with Gasteiger partial charge in [-0.25, -0.2) is 0 Å². The van der Waals surface area contributed by atoms with Crippen LogP contribution in [0.2, 0.25) is 0 Å². The molecule has 0 atom stereocenters. The molecule has 0 spiro atoms. The predicted octanol–water partition coefficient (Wildman–Crippen LogP) is 2.20. The Labute approximate surface area is 86.2 Å². The maximum absolute atomic E-state index is 11.9. The SMILES string of the molecule is O=C(c1c[nH]c(=O)s1)C1CCCCC1. The average Bonchev–Trinajstić information content (AvgIpc) is 2.65. The van der Waals surface area contributed by atoms with Crippen LogP contribution in [0.1, 0.15) is 41.8 Å². The fourth-order valence-corrected chi connectivity index (χ4v) is 2.67. The van der Waals surface area contributed by atoms with E-state index in [9.17, 15) is 9.59 Å². The van der Waals surface area contributed by atoms with Gasteiger partial charge in [0.25, 0.3) is 0 Å². The summed E-state index contributed by atoms with van der Waals surface area (Å²) < 4.78 is 0. The normalized spacial score (nSPS) is 18.3. The Bertz CT molecular complexity index is 373. The van der Waals surface area contributed by atoms with E-state index in [4.69, 9.17) is 0 Å². The maximum Gasteiger partial charge on any atom is 0.305 e. The van der Waals surface area contributed by atoms with Gasteiger partial charge < -0.3 is 4.98 Å². The standard InChI is InChI=1S/C10H13NO2S/c12-9(7-4-2-1-3-5-7)8-6-11-10(13)14-8/h6-7H,1-5H2,(H,11,13). The summed E-state index contributed by atoms with van der Waals surface area (Å²) in [6, 6.07) is 0. The Morgan fingerprint density at radius 3 is 2.64 bits per heavy atom. The zero-order chi connectivity index (χ0) is 9.97. The molecule has 1 heterocycles. The van der Waals surface area contributed by atoms with Crippen LogP contribution in [0.25, 0.3) is 0 Å². The summed E-state index contributed by atoms with van der Waals surface area (Å²) in [4.78, 5) is 25.7. The molecule has 4 heteroatoms. The number of rotatable bonds is 2. The van der Waals surface area contributed by atoms with Crippen molar-refractivity contribution in [1.29, 1.82) is 0 Å². The molecule has 76 valence electrons. The molecule has 3 nitrogen and oxygen atoms in total. The van der Waals surface area contributed by atoms with Gasteiger partial charge in [0.15, 0.2) is 5.78 Å². The highest BCUT2D eigenvalue weighted by Gasteiger charge is 2.23. The number of nitrogens with one attached hydrogen (secondary N) is 1. The van der Waals surface area contributed by atoms with Crippen molar-refractivity contribution >= 4 is 17.1 Å². The second-order valence-corrected chi connectivity index (χ2v) is 4.76. The molecule has 1 aromatic heterocycles. The van der Waals surface area contributed by atoms with Crippen LogP contribution in [0.3, 0.4) is 0 Å². The van der Waals surface area contributed by atoms with Crippen molar-refractivity contribution in [2.75, 3.05) is 0 Å². The van der Waals surface area contributed by atoms with Gasteiger partial charge >= 0.3 is 4.87 Å². The van der Waals surface area contributed by atoms with Crippen LogP contribution in [0.15, 0.2) is 11.0 Å². The molecule has 0 aliphatic heterocycles. The zero-order valence-electron chi connectivity index (χ0n) is 7.91. The summed E-state index contributed by atoms with van der Waals surface area (Å²) >= 11 is 1.03. The topological polar surface area (TPSA) is 49.9 Å². The number of H-pyrrole nitrogens is 1. The third kappa shape index (κ3) is 1.95. The van der Waals surface area contributed by atoms with Gasteiger partial charge in [-0.3, -0.25) is 9.59 Å². The van der Waals surface area contributed by atoms with E-state index in [0.717, 1.165) is 37.0 Å². The van der Waals surface area contributed by atoms with Crippen LogP contribution in [-0.2, 0) is 0 Å². The number of carbonyl (C=O) groups is 1. The van der Waals surface area contributed by atoms with Gasteiger partial charge in [0.05, 0.1) is 4.88 Å². The predicted molar refractivity (Wildman–Crippen MR) is 55.8 cm³/mol. The highest BCUT2D eigenvalue weighted by atomic mass is 32.1. The molecule has 0 amide bonds. The number of hydrogen-bond acceptors (Lipinski definition) is 3. The van der Waals surface area contributed by atoms with Crippen molar-refractivity contribution in [1.82, 2.24) is 4.98 Å². The second-order valence-electron chi connectivity index (χ2n) is 3.74. The van der Waals surface area contributed by atoms with Gasteiger partial charge in [0.2, 0.25) is 0 Å². The summed E-state index contributed by atoms with van der Waals surface area (Å²) in [5.74, 6) is 0.322. The minimum atomic E-state index is -0.135. The van der Waals surface area contributed by atoms with Gasteiger partial charge in [-0.2, -0.15) is 0 Å².